The van der Waals surface area contributed by atoms with Gasteiger partial charge in [0.15, 0.2) is 0 Å². The lowest BCUT2D eigenvalue weighted by molar-refractivity contribution is 0.0563. The minimum atomic E-state index is -0.471. The second-order valence-corrected chi connectivity index (χ2v) is 4.17. The summed E-state index contributed by atoms with van der Waals surface area (Å²) in [4.78, 5) is 11.3. The molecule has 1 heterocycles. The van der Waals surface area contributed by atoms with Gasteiger partial charge < -0.3 is 19.2 Å². The average Bonchev–Trinajstić information content (AvgIpc) is 2.96. The number of furan rings is 1. The highest BCUT2D eigenvalue weighted by molar-refractivity contribution is 5.86. The highest BCUT2D eigenvalue weighted by atomic mass is 16.5. The van der Waals surface area contributed by atoms with Crippen molar-refractivity contribution in [2.75, 3.05) is 14.2 Å². The number of ether oxygens (including phenoxy) is 2. The summed E-state index contributed by atoms with van der Waals surface area (Å²) in [5.41, 5.74) is 1.06. The van der Waals surface area contributed by atoms with E-state index in [1.54, 1.807) is 19.2 Å². The van der Waals surface area contributed by atoms with Crippen LogP contribution in [0, 0.1) is 0 Å². The van der Waals surface area contributed by atoms with Crippen molar-refractivity contribution in [3.05, 3.63) is 53.5 Å². The van der Waals surface area contributed by atoms with E-state index < -0.39 is 5.97 Å². The molecule has 1 aromatic carbocycles. The van der Waals surface area contributed by atoms with Crippen LogP contribution in [-0.2, 0) is 17.8 Å². The Hall–Kier alpha value is -2.27. The van der Waals surface area contributed by atoms with Crippen molar-refractivity contribution in [2.24, 2.45) is 0 Å². The summed E-state index contributed by atoms with van der Waals surface area (Å²) in [6.45, 7) is 1.17. The Morgan fingerprint density at radius 2 is 1.95 bits per heavy atom. The van der Waals surface area contributed by atoms with Crippen LogP contribution in [-0.4, -0.2) is 20.2 Å². The van der Waals surface area contributed by atoms with Crippen LogP contribution in [0.5, 0.6) is 5.75 Å². The van der Waals surface area contributed by atoms with Crippen LogP contribution in [0.2, 0.25) is 0 Å². The fourth-order valence-corrected chi connectivity index (χ4v) is 1.85. The van der Waals surface area contributed by atoms with Gasteiger partial charge in [-0.25, -0.2) is 4.79 Å². The zero-order valence-electron chi connectivity index (χ0n) is 11.5. The summed E-state index contributed by atoms with van der Waals surface area (Å²) in [6.07, 6.45) is 0. The number of carbonyl (C=O) groups excluding carboxylic acids is 1. The van der Waals surface area contributed by atoms with Gasteiger partial charge in [0.2, 0.25) is 5.76 Å². The van der Waals surface area contributed by atoms with E-state index in [4.69, 9.17) is 9.15 Å². The van der Waals surface area contributed by atoms with E-state index >= 15 is 0 Å². The zero-order chi connectivity index (χ0) is 14.4. The summed E-state index contributed by atoms with van der Waals surface area (Å²) in [6, 6.07) is 11.2. The lowest BCUT2D eigenvalue weighted by Crippen LogP contribution is -2.12. The quantitative estimate of drug-likeness (QED) is 0.820. The number of carbonyl (C=O) groups is 1. The summed E-state index contributed by atoms with van der Waals surface area (Å²) in [7, 11) is 2.97. The van der Waals surface area contributed by atoms with Gasteiger partial charge in [-0.2, -0.15) is 0 Å². The van der Waals surface area contributed by atoms with Gasteiger partial charge in [-0.05, 0) is 18.2 Å². The molecule has 0 atom stereocenters. The molecule has 0 aliphatic heterocycles. The molecule has 0 unspecified atom stereocenters. The minimum Gasteiger partial charge on any atom is -0.496 e. The molecule has 0 aliphatic carbocycles. The third-order valence-corrected chi connectivity index (χ3v) is 2.86. The molecule has 5 nitrogen and oxygen atoms in total. The van der Waals surface area contributed by atoms with Crippen LogP contribution >= 0.6 is 0 Å². The molecule has 5 heteroatoms. The highest BCUT2D eigenvalue weighted by Gasteiger charge is 2.10. The molecule has 0 spiro atoms. The van der Waals surface area contributed by atoms with Gasteiger partial charge >= 0.3 is 5.97 Å². The molecule has 2 aromatic rings. The molecule has 0 bridgehead atoms. The van der Waals surface area contributed by atoms with Gasteiger partial charge in [-0.15, -0.1) is 0 Å². The maximum atomic E-state index is 11.3. The van der Waals surface area contributed by atoms with Gasteiger partial charge in [-0.3, -0.25) is 0 Å². The van der Waals surface area contributed by atoms with E-state index in [1.165, 1.54) is 7.11 Å². The number of benzene rings is 1. The van der Waals surface area contributed by atoms with Crippen molar-refractivity contribution in [2.45, 2.75) is 13.1 Å². The summed E-state index contributed by atoms with van der Waals surface area (Å²) in [5, 5.41) is 3.24. The van der Waals surface area contributed by atoms with E-state index in [0.717, 1.165) is 11.3 Å². The van der Waals surface area contributed by atoms with Gasteiger partial charge in [0.25, 0.3) is 0 Å². The highest BCUT2D eigenvalue weighted by Crippen LogP contribution is 2.17. The van der Waals surface area contributed by atoms with Gasteiger partial charge in [0, 0.05) is 12.1 Å². The maximum Gasteiger partial charge on any atom is 0.373 e. The van der Waals surface area contributed by atoms with Crippen molar-refractivity contribution < 1.29 is 18.7 Å². The lowest BCUT2D eigenvalue weighted by atomic mass is 10.2. The fraction of sp³-hybridized carbons (Fsp3) is 0.267. The largest absolute Gasteiger partial charge is 0.496 e. The van der Waals surface area contributed by atoms with Crippen molar-refractivity contribution in [1.29, 1.82) is 0 Å². The molecule has 106 valence electrons. The molecule has 20 heavy (non-hydrogen) atoms. The molecule has 2 rings (SSSR count). The molecule has 0 amide bonds. The SMILES string of the molecule is COC(=O)c1ccc(CNCc2ccccc2OC)o1. The summed E-state index contributed by atoms with van der Waals surface area (Å²) in [5.74, 6) is 1.26. The van der Waals surface area contributed by atoms with Crippen LogP contribution in [0.25, 0.3) is 0 Å². The molecule has 0 fully saturated rings. The molecular formula is C15H17NO4. The van der Waals surface area contributed by atoms with Crippen LogP contribution in [0.3, 0.4) is 0 Å². The van der Waals surface area contributed by atoms with E-state index in [9.17, 15) is 4.79 Å². The Balaban J connectivity index is 1.89. The molecule has 0 saturated carbocycles. The number of nitrogens with one attached hydrogen (secondary N) is 1. The van der Waals surface area contributed by atoms with Crippen LogP contribution < -0.4 is 10.1 Å². The molecule has 1 aromatic heterocycles. The Bertz CT molecular complexity index is 577. The Kier molecular flexibility index (Phi) is 4.79. The first-order valence-corrected chi connectivity index (χ1v) is 6.24. The summed E-state index contributed by atoms with van der Waals surface area (Å²) >= 11 is 0. The first kappa shape index (κ1) is 14.1. The van der Waals surface area contributed by atoms with Crippen LogP contribution in [0.1, 0.15) is 21.9 Å². The normalized spacial score (nSPS) is 10.3. The second kappa shape index (κ2) is 6.77. The number of hydrogen-bond donors (Lipinski definition) is 1. The molecule has 0 radical (unpaired) electrons. The van der Waals surface area contributed by atoms with Crippen molar-refractivity contribution in [1.82, 2.24) is 5.32 Å². The lowest BCUT2D eigenvalue weighted by Gasteiger charge is -2.08. The fourth-order valence-electron chi connectivity index (χ4n) is 1.85. The van der Waals surface area contributed by atoms with Crippen LogP contribution in [0.4, 0.5) is 0 Å². The smallest absolute Gasteiger partial charge is 0.373 e. The van der Waals surface area contributed by atoms with Gasteiger partial charge in [-0.1, -0.05) is 18.2 Å². The minimum absolute atomic E-state index is 0.210. The zero-order valence-corrected chi connectivity index (χ0v) is 11.5. The topological polar surface area (TPSA) is 60.7 Å². The monoisotopic (exact) mass is 275 g/mol. The van der Waals surface area contributed by atoms with Gasteiger partial charge in [0.05, 0.1) is 20.8 Å². The standard InChI is InChI=1S/C15H17NO4/c1-18-13-6-4-3-5-11(13)9-16-10-12-7-8-14(20-12)15(17)19-2/h3-8,16H,9-10H2,1-2H3. The molecular weight excluding hydrogens is 258 g/mol. The number of rotatable bonds is 6. The predicted molar refractivity (Wildman–Crippen MR) is 73.6 cm³/mol. The predicted octanol–water partition coefficient (Wildman–Crippen LogP) is 2.36. The Morgan fingerprint density at radius 3 is 2.70 bits per heavy atom. The number of methoxy groups -OCH3 is 2. The third-order valence-electron chi connectivity index (χ3n) is 2.86. The Labute approximate surface area is 117 Å². The van der Waals surface area contributed by atoms with Crippen molar-refractivity contribution in [3.63, 3.8) is 0 Å². The maximum absolute atomic E-state index is 11.3. The van der Waals surface area contributed by atoms with Crippen molar-refractivity contribution >= 4 is 5.97 Å². The number of hydrogen-bond acceptors (Lipinski definition) is 5. The van der Waals surface area contributed by atoms with E-state index in [1.807, 2.05) is 24.3 Å². The molecule has 0 aliphatic rings. The third kappa shape index (κ3) is 3.39. The van der Waals surface area contributed by atoms with E-state index in [2.05, 4.69) is 10.1 Å². The van der Waals surface area contributed by atoms with Gasteiger partial charge in [0.1, 0.15) is 11.5 Å². The first-order valence-electron chi connectivity index (χ1n) is 6.24. The van der Waals surface area contributed by atoms with E-state index in [0.29, 0.717) is 18.8 Å². The second-order valence-electron chi connectivity index (χ2n) is 4.17. The van der Waals surface area contributed by atoms with Crippen LogP contribution in [0.15, 0.2) is 40.8 Å². The molecule has 0 saturated heterocycles. The average molecular weight is 275 g/mol. The Morgan fingerprint density at radius 1 is 1.15 bits per heavy atom. The number of para-hydroxylation sites is 1. The number of esters is 1. The summed E-state index contributed by atoms with van der Waals surface area (Å²) < 4.78 is 15.2. The first-order chi connectivity index (χ1) is 9.74. The van der Waals surface area contributed by atoms with Crippen molar-refractivity contribution in [3.8, 4) is 5.75 Å². The molecule has 1 N–H and O–H groups in total. The van der Waals surface area contributed by atoms with E-state index in [-0.39, 0.29) is 5.76 Å².